The average molecular weight is 807 g/mol. The minimum Gasteiger partial charge on any atom is -0.493 e. The Morgan fingerprint density at radius 3 is 2.19 bits per heavy atom. The van der Waals surface area contributed by atoms with Crippen molar-refractivity contribution in [3.8, 4) is 11.5 Å². The Balaban J connectivity index is 0.978. The Morgan fingerprint density at radius 2 is 1.51 bits per heavy atom. The maximum Gasteiger partial charge on any atom is 0.408 e. The molecule has 2 amide bonds. The SMILES string of the molecule is CCOc1cccc(F)c1CN1CCN(C(=O)[C@H](NC(=O)OCc2ccccc2)C2CCN(CCc3cc(OCc4ccccc4)ccc3N3CC[C@H](N)C3)CC2)CC1. The molecule has 12 heteroatoms. The van der Waals surface area contributed by atoms with Crippen LogP contribution in [0.1, 0.15) is 48.4 Å². The molecule has 3 N–H and O–H groups in total. The van der Waals surface area contributed by atoms with E-state index in [1.165, 1.54) is 17.3 Å². The molecule has 0 spiro atoms. The van der Waals surface area contributed by atoms with Gasteiger partial charge < -0.3 is 40.0 Å². The number of hydrogen-bond acceptors (Lipinski definition) is 9. The van der Waals surface area contributed by atoms with Gasteiger partial charge in [-0.15, -0.1) is 0 Å². The molecule has 4 aromatic carbocycles. The van der Waals surface area contributed by atoms with Crippen molar-refractivity contribution in [1.29, 1.82) is 0 Å². The van der Waals surface area contributed by atoms with Gasteiger partial charge in [-0.3, -0.25) is 9.69 Å². The maximum absolute atomic E-state index is 14.9. The van der Waals surface area contributed by atoms with E-state index in [1.807, 2.05) is 60.4 Å². The molecule has 2 atom stereocenters. The second kappa shape index (κ2) is 20.7. The fourth-order valence-electron chi connectivity index (χ4n) is 8.50. The van der Waals surface area contributed by atoms with Gasteiger partial charge in [0.15, 0.2) is 0 Å². The highest BCUT2D eigenvalue weighted by molar-refractivity contribution is 5.86. The van der Waals surface area contributed by atoms with Crippen LogP contribution in [0.5, 0.6) is 11.5 Å². The van der Waals surface area contributed by atoms with Crippen LogP contribution in [-0.4, -0.2) is 104 Å². The Morgan fingerprint density at radius 1 is 0.797 bits per heavy atom. The summed E-state index contributed by atoms with van der Waals surface area (Å²) in [5, 5.41) is 3.00. The molecule has 3 fully saturated rings. The number of alkyl carbamates (subject to hydrolysis) is 1. The number of likely N-dealkylation sites (tertiary alicyclic amines) is 1. The number of hydrogen-bond donors (Lipinski definition) is 2. The topological polar surface area (TPSA) is 113 Å². The molecular formula is C47H59FN6O5. The van der Waals surface area contributed by atoms with E-state index in [9.17, 15) is 14.0 Å². The third-order valence-electron chi connectivity index (χ3n) is 11.9. The van der Waals surface area contributed by atoms with Crippen molar-refractivity contribution in [2.75, 3.05) is 70.4 Å². The Bertz CT molecular complexity index is 1960. The van der Waals surface area contributed by atoms with Gasteiger partial charge in [0.2, 0.25) is 5.91 Å². The number of anilines is 1. The number of ether oxygens (including phenoxy) is 3. The van der Waals surface area contributed by atoms with Crippen molar-refractivity contribution in [3.05, 3.63) is 125 Å². The molecule has 7 rings (SSSR count). The number of piperazine rings is 1. The van der Waals surface area contributed by atoms with Gasteiger partial charge in [-0.05, 0) is 98.6 Å². The quantitative estimate of drug-likeness (QED) is 0.136. The van der Waals surface area contributed by atoms with Gasteiger partial charge in [0.05, 0.1) is 6.61 Å². The largest absolute Gasteiger partial charge is 0.493 e. The lowest BCUT2D eigenvalue weighted by atomic mass is 9.88. The van der Waals surface area contributed by atoms with Crippen molar-refractivity contribution in [3.63, 3.8) is 0 Å². The lowest BCUT2D eigenvalue weighted by molar-refractivity contribution is -0.137. The maximum atomic E-state index is 14.9. The number of piperidine rings is 1. The summed E-state index contributed by atoms with van der Waals surface area (Å²) < 4.78 is 32.4. The van der Waals surface area contributed by atoms with Crippen LogP contribution in [0.25, 0.3) is 0 Å². The average Bonchev–Trinajstić information content (AvgIpc) is 3.71. The molecule has 3 aliphatic rings. The lowest BCUT2D eigenvalue weighted by Gasteiger charge is -2.40. The molecule has 0 radical (unpaired) electrons. The van der Waals surface area contributed by atoms with E-state index in [-0.39, 0.29) is 30.3 Å². The molecule has 59 heavy (non-hydrogen) atoms. The predicted octanol–water partition coefficient (Wildman–Crippen LogP) is 6.23. The van der Waals surface area contributed by atoms with E-state index in [2.05, 4.69) is 50.3 Å². The van der Waals surface area contributed by atoms with Gasteiger partial charge in [-0.1, -0.05) is 66.7 Å². The third-order valence-corrected chi connectivity index (χ3v) is 11.9. The van der Waals surface area contributed by atoms with Crippen molar-refractivity contribution in [2.24, 2.45) is 11.7 Å². The molecule has 0 bridgehead atoms. The molecule has 0 saturated carbocycles. The first kappa shape index (κ1) is 42.0. The van der Waals surface area contributed by atoms with Crippen LogP contribution in [0.4, 0.5) is 14.9 Å². The highest BCUT2D eigenvalue weighted by Gasteiger charge is 2.37. The van der Waals surface area contributed by atoms with Gasteiger partial charge in [-0.25, -0.2) is 9.18 Å². The molecular weight excluding hydrogens is 748 g/mol. The number of carbonyl (C=O) groups excluding carboxylic acids is 2. The summed E-state index contributed by atoms with van der Waals surface area (Å²) in [4.78, 5) is 36.5. The minimum atomic E-state index is -0.715. The third kappa shape index (κ3) is 11.5. The van der Waals surface area contributed by atoms with E-state index in [0.29, 0.717) is 57.3 Å². The number of benzene rings is 4. The smallest absolute Gasteiger partial charge is 0.408 e. The predicted molar refractivity (Wildman–Crippen MR) is 228 cm³/mol. The molecule has 3 saturated heterocycles. The van der Waals surface area contributed by atoms with Crippen LogP contribution in [0, 0.1) is 11.7 Å². The summed E-state index contributed by atoms with van der Waals surface area (Å²) in [6.45, 7) is 9.74. The second-order valence-electron chi connectivity index (χ2n) is 15.9. The zero-order valence-electron chi connectivity index (χ0n) is 34.3. The van der Waals surface area contributed by atoms with Crippen LogP contribution in [0.2, 0.25) is 0 Å². The molecule has 0 unspecified atom stereocenters. The molecule has 0 aromatic heterocycles. The number of nitrogens with zero attached hydrogens (tertiary/aromatic N) is 4. The van der Waals surface area contributed by atoms with Gasteiger partial charge in [0, 0.05) is 69.7 Å². The molecule has 3 aliphatic heterocycles. The fourth-order valence-corrected chi connectivity index (χ4v) is 8.50. The van der Waals surface area contributed by atoms with Crippen molar-refractivity contribution < 1.29 is 28.2 Å². The first-order valence-corrected chi connectivity index (χ1v) is 21.2. The Kier molecular flexibility index (Phi) is 14.7. The standard InChI is InChI=1S/C47H59FN6O5/c1-2-57-44-15-9-14-42(48)41(44)32-52-26-28-53(29-27-52)46(55)45(50-47(56)59-34-36-12-7-4-8-13-36)37-18-22-51(23-19-37)24-20-38-30-40(58-33-35-10-5-3-6-11-35)16-17-43(38)54-25-21-39(49)31-54/h3-17,30,37,39,45H,2,18-29,31-34,49H2,1H3,(H,50,56)/t39-,45+/m0/s1. The first-order chi connectivity index (χ1) is 28.8. The zero-order chi connectivity index (χ0) is 41.0. The van der Waals surface area contributed by atoms with Gasteiger partial charge >= 0.3 is 6.09 Å². The lowest BCUT2D eigenvalue weighted by Crippen LogP contribution is -2.58. The van der Waals surface area contributed by atoms with Crippen LogP contribution in [0.15, 0.2) is 97.1 Å². The van der Waals surface area contributed by atoms with E-state index >= 15 is 0 Å². The van der Waals surface area contributed by atoms with E-state index in [4.69, 9.17) is 19.9 Å². The molecule has 0 aliphatic carbocycles. The number of halogens is 1. The van der Waals surface area contributed by atoms with Crippen LogP contribution >= 0.6 is 0 Å². The summed E-state index contributed by atoms with van der Waals surface area (Å²) in [5.41, 5.74) is 11.3. The fraction of sp³-hybridized carbons (Fsp3) is 0.447. The molecule has 3 heterocycles. The molecule has 11 nitrogen and oxygen atoms in total. The van der Waals surface area contributed by atoms with Crippen molar-refractivity contribution in [1.82, 2.24) is 20.0 Å². The Hall–Kier alpha value is -5.17. The summed E-state index contributed by atoms with van der Waals surface area (Å²) in [5.74, 6) is 0.960. The van der Waals surface area contributed by atoms with Crippen molar-refractivity contribution in [2.45, 2.75) is 64.4 Å². The number of nitrogens with one attached hydrogen (secondary N) is 1. The van der Waals surface area contributed by atoms with E-state index in [0.717, 1.165) is 75.3 Å². The van der Waals surface area contributed by atoms with E-state index in [1.54, 1.807) is 12.1 Å². The molecule has 4 aromatic rings. The molecule has 314 valence electrons. The number of nitrogens with two attached hydrogens (primary N) is 1. The van der Waals surface area contributed by atoms with Crippen LogP contribution in [0.3, 0.4) is 0 Å². The highest BCUT2D eigenvalue weighted by atomic mass is 19.1. The monoisotopic (exact) mass is 806 g/mol. The van der Waals surface area contributed by atoms with Gasteiger partial charge in [0.1, 0.15) is 36.6 Å². The van der Waals surface area contributed by atoms with Crippen LogP contribution in [-0.2, 0) is 35.7 Å². The van der Waals surface area contributed by atoms with E-state index < -0.39 is 12.1 Å². The number of amides is 2. The normalized spacial score (nSPS) is 18.4. The summed E-state index contributed by atoms with van der Waals surface area (Å²) in [7, 11) is 0. The van der Waals surface area contributed by atoms with Crippen molar-refractivity contribution >= 4 is 17.7 Å². The Labute approximate surface area is 348 Å². The van der Waals surface area contributed by atoms with Gasteiger partial charge in [-0.2, -0.15) is 0 Å². The second-order valence-corrected chi connectivity index (χ2v) is 15.9. The summed E-state index contributed by atoms with van der Waals surface area (Å²) in [6, 6.07) is 30.5. The number of rotatable bonds is 16. The minimum absolute atomic E-state index is 0.0513. The van der Waals surface area contributed by atoms with Gasteiger partial charge in [0.25, 0.3) is 0 Å². The summed E-state index contributed by atoms with van der Waals surface area (Å²) in [6.07, 6.45) is 2.75. The first-order valence-electron chi connectivity index (χ1n) is 21.2. The highest BCUT2D eigenvalue weighted by Crippen LogP contribution is 2.31. The number of carbonyl (C=O) groups is 2. The summed E-state index contributed by atoms with van der Waals surface area (Å²) >= 11 is 0. The van der Waals surface area contributed by atoms with Crippen LogP contribution < -0.4 is 25.4 Å². The zero-order valence-corrected chi connectivity index (χ0v) is 34.3.